The zero-order valence-electron chi connectivity index (χ0n) is 17.2. The summed E-state index contributed by atoms with van der Waals surface area (Å²) < 4.78 is 7.32. The van der Waals surface area contributed by atoms with E-state index in [9.17, 15) is 4.79 Å². The average Bonchev–Trinajstić information content (AvgIpc) is 3.48. The van der Waals surface area contributed by atoms with E-state index >= 15 is 0 Å². The molecule has 0 radical (unpaired) electrons. The molecule has 5 rings (SSSR count). The minimum atomic E-state index is -0.158. The van der Waals surface area contributed by atoms with Crippen LogP contribution in [0.1, 0.15) is 11.3 Å². The van der Waals surface area contributed by atoms with Gasteiger partial charge in [0.15, 0.2) is 6.61 Å². The van der Waals surface area contributed by atoms with Crippen molar-refractivity contribution in [1.82, 2.24) is 9.66 Å². The van der Waals surface area contributed by atoms with Crippen LogP contribution in [0.2, 0.25) is 0 Å². The summed E-state index contributed by atoms with van der Waals surface area (Å²) in [6, 6.07) is 19.9. The van der Waals surface area contributed by atoms with E-state index in [-0.39, 0.29) is 12.5 Å². The first-order chi connectivity index (χ1) is 15.8. The molecule has 160 valence electrons. The smallest absolute Gasteiger partial charge is 0.262 e. The fraction of sp³-hybridized carbons (Fsp3) is 0.125. The van der Waals surface area contributed by atoms with Gasteiger partial charge in [0.05, 0.1) is 23.3 Å². The summed E-state index contributed by atoms with van der Waals surface area (Å²) in [6.07, 6.45) is 4.49. The zero-order chi connectivity index (χ0) is 21.8. The van der Waals surface area contributed by atoms with Crippen molar-refractivity contribution in [2.75, 3.05) is 18.5 Å². The summed E-state index contributed by atoms with van der Waals surface area (Å²) in [4.78, 5) is 20.5. The first-order valence-electron chi connectivity index (χ1n) is 10.3. The maximum Gasteiger partial charge on any atom is 0.262 e. The molecule has 8 heteroatoms. The fourth-order valence-electron chi connectivity index (χ4n) is 3.43. The van der Waals surface area contributed by atoms with Gasteiger partial charge in [0.25, 0.3) is 5.91 Å². The number of amides is 1. The summed E-state index contributed by atoms with van der Waals surface area (Å²) in [7, 11) is 0. The van der Waals surface area contributed by atoms with Gasteiger partial charge in [-0.15, -0.1) is 11.3 Å². The number of aromatic amines is 1. The van der Waals surface area contributed by atoms with Gasteiger partial charge >= 0.3 is 0 Å². The van der Waals surface area contributed by atoms with Gasteiger partial charge in [-0.1, -0.05) is 30.3 Å². The van der Waals surface area contributed by atoms with E-state index in [0.29, 0.717) is 18.0 Å². The fourth-order valence-corrected chi connectivity index (χ4v) is 4.29. The van der Waals surface area contributed by atoms with Crippen LogP contribution < -0.4 is 14.9 Å². The maximum absolute atomic E-state index is 11.7. The molecule has 0 bridgehead atoms. The third-order valence-corrected chi connectivity index (χ3v) is 5.87. The highest BCUT2D eigenvalue weighted by atomic mass is 32.1. The molecule has 7 nitrogen and oxygen atoms in total. The molecule has 0 atom stereocenters. The number of carbonyl (C=O) groups excluding carboxylic acids is 1. The minimum absolute atomic E-state index is 0.0374. The van der Waals surface area contributed by atoms with Gasteiger partial charge in [-0.25, -0.2) is 4.68 Å². The molecule has 4 aromatic rings. The SMILES string of the molecule is O=C1COc2ccc(-c3csc(=NCCc4ccccc4)n3N=Cc3ccc[nH]3)cc2N1. The molecule has 0 saturated heterocycles. The molecule has 2 aromatic heterocycles. The number of thiazole rings is 1. The molecule has 32 heavy (non-hydrogen) atoms. The Balaban J connectivity index is 1.50. The average molecular weight is 444 g/mol. The molecule has 1 amide bonds. The number of benzene rings is 2. The molecular weight excluding hydrogens is 422 g/mol. The number of aromatic nitrogens is 2. The predicted octanol–water partition coefficient (Wildman–Crippen LogP) is 3.90. The van der Waals surface area contributed by atoms with E-state index in [1.54, 1.807) is 6.21 Å². The number of nitrogens with zero attached hydrogens (tertiary/aromatic N) is 3. The number of fused-ring (bicyclic) bond motifs is 1. The molecule has 0 unspecified atom stereocenters. The van der Waals surface area contributed by atoms with Crippen LogP contribution in [0.4, 0.5) is 5.69 Å². The Bertz CT molecular complexity index is 1320. The van der Waals surface area contributed by atoms with E-state index in [2.05, 4.69) is 22.4 Å². The van der Waals surface area contributed by atoms with Crippen LogP contribution in [0.3, 0.4) is 0 Å². The van der Waals surface area contributed by atoms with E-state index in [0.717, 1.165) is 28.2 Å². The van der Waals surface area contributed by atoms with Crippen molar-refractivity contribution in [3.63, 3.8) is 0 Å². The summed E-state index contributed by atoms with van der Waals surface area (Å²) in [6.45, 7) is 0.700. The summed E-state index contributed by atoms with van der Waals surface area (Å²) in [5.41, 5.74) is 4.61. The second kappa shape index (κ2) is 9.07. The highest BCUT2D eigenvalue weighted by molar-refractivity contribution is 7.07. The van der Waals surface area contributed by atoms with Crippen molar-refractivity contribution in [3.05, 3.63) is 88.3 Å². The Kier molecular flexibility index (Phi) is 5.67. The highest BCUT2D eigenvalue weighted by Gasteiger charge is 2.17. The summed E-state index contributed by atoms with van der Waals surface area (Å²) in [5.74, 6) is 0.506. The summed E-state index contributed by atoms with van der Waals surface area (Å²) in [5, 5.41) is 9.59. The van der Waals surface area contributed by atoms with Gasteiger partial charge in [-0.2, -0.15) is 5.10 Å². The number of ether oxygens (including phenoxy) is 1. The molecule has 0 fully saturated rings. The van der Waals surface area contributed by atoms with Crippen LogP contribution >= 0.6 is 11.3 Å². The molecule has 1 aliphatic heterocycles. The van der Waals surface area contributed by atoms with Gasteiger partial charge in [-0.05, 0) is 42.3 Å². The Morgan fingerprint density at radius 3 is 2.88 bits per heavy atom. The summed E-state index contributed by atoms with van der Waals surface area (Å²) >= 11 is 1.54. The van der Waals surface area contributed by atoms with Crippen LogP contribution in [0, 0.1) is 0 Å². The monoisotopic (exact) mass is 443 g/mol. The Morgan fingerprint density at radius 1 is 1.12 bits per heavy atom. The lowest BCUT2D eigenvalue weighted by Crippen LogP contribution is -2.25. The molecule has 0 spiro atoms. The minimum Gasteiger partial charge on any atom is -0.482 e. The Labute approximate surface area is 188 Å². The lowest BCUT2D eigenvalue weighted by atomic mass is 10.1. The van der Waals surface area contributed by atoms with E-state index < -0.39 is 0 Å². The van der Waals surface area contributed by atoms with Crippen molar-refractivity contribution in [2.45, 2.75) is 6.42 Å². The first-order valence-corrected chi connectivity index (χ1v) is 11.1. The third kappa shape index (κ3) is 4.40. The maximum atomic E-state index is 11.7. The largest absolute Gasteiger partial charge is 0.482 e. The van der Waals surface area contributed by atoms with Crippen molar-refractivity contribution >= 4 is 29.1 Å². The normalized spacial score (nSPS) is 13.8. The standard InChI is InChI=1S/C24H21N5O2S/c30-23-15-31-22-9-8-18(13-20(22)28-23)21-16-32-24(26-12-10-17-5-2-1-3-6-17)29(21)27-14-19-7-4-11-25-19/h1-9,11,13-14,16,25H,10,12,15H2,(H,28,30). The number of nitrogens with one attached hydrogen (secondary N) is 2. The van der Waals surface area contributed by atoms with E-state index in [4.69, 9.17) is 14.8 Å². The van der Waals surface area contributed by atoms with Crippen molar-refractivity contribution < 1.29 is 9.53 Å². The molecule has 0 saturated carbocycles. The molecule has 3 heterocycles. The number of anilines is 1. The van der Waals surface area contributed by atoms with Gasteiger partial charge in [0, 0.05) is 23.7 Å². The highest BCUT2D eigenvalue weighted by Crippen LogP contribution is 2.32. The van der Waals surface area contributed by atoms with Crippen LogP contribution in [0.25, 0.3) is 11.3 Å². The molecule has 1 aliphatic rings. The number of hydrogen-bond acceptors (Lipinski definition) is 5. The molecule has 2 aromatic carbocycles. The van der Waals surface area contributed by atoms with Crippen LogP contribution in [0.5, 0.6) is 5.75 Å². The second-order valence-corrected chi connectivity index (χ2v) is 8.09. The Morgan fingerprint density at radius 2 is 2.03 bits per heavy atom. The number of rotatable bonds is 6. The topological polar surface area (TPSA) is 83.8 Å². The van der Waals surface area contributed by atoms with Gasteiger partial charge in [-0.3, -0.25) is 9.79 Å². The lowest BCUT2D eigenvalue weighted by Gasteiger charge is -2.18. The quantitative estimate of drug-likeness (QED) is 0.443. The van der Waals surface area contributed by atoms with Crippen LogP contribution in [-0.2, 0) is 11.2 Å². The van der Waals surface area contributed by atoms with Gasteiger partial charge in [0.1, 0.15) is 5.75 Å². The second-order valence-electron chi connectivity index (χ2n) is 7.25. The molecular formula is C24H21N5O2S. The van der Waals surface area contributed by atoms with Gasteiger partial charge in [0.2, 0.25) is 4.80 Å². The number of carbonyl (C=O) groups is 1. The third-order valence-electron chi connectivity index (χ3n) is 5.02. The van der Waals surface area contributed by atoms with Crippen molar-refractivity contribution in [3.8, 4) is 17.0 Å². The number of hydrogen-bond donors (Lipinski definition) is 2. The Hall–Kier alpha value is -3.91. The van der Waals surface area contributed by atoms with Crippen LogP contribution in [-0.4, -0.2) is 34.9 Å². The van der Waals surface area contributed by atoms with Crippen LogP contribution in [0.15, 0.2) is 82.3 Å². The molecule has 0 aliphatic carbocycles. The predicted molar refractivity (Wildman–Crippen MR) is 126 cm³/mol. The van der Waals surface area contributed by atoms with Crippen molar-refractivity contribution in [2.24, 2.45) is 10.1 Å². The first kappa shape index (κ1) is 20.0. The zero-order valence-corrected chi connectivity index (χ0v) is 18.0. The number of H-pyrrole nitrogens is 1. The lowest BCUT2D eigenvalue weighted by molar-refractivity contribution is -0.118. The van der Waals surface area contributed by atoms with Crippen molar-refractivity contribution in [1.29, 1.82) is 0 Å². The van der Waals surface area contributed by atoms with E-state index in [1.165, 1.54) is 16.9 Å². The van der Waals surface area contributed by atoms with E-state index in [1.807, 2.05) is 64.8 Å². The molecule has 2 N–H and O–H groups in total. The van der Waals surface area contributed by atoms with Gasteiger partial charge < -0.3 is 15.0 Å².